The first-order valence-electron chi connectivity index (χ1n) is 2.85. The third-order valence-corrected chi connectivity index (χ3v) is 0.731. The molecule has 0 spiro atoms. The second-order valence-electron chi connectivity index (χ2n) is 1.63. The van der Waals surface area contributed by atoms with Gasteiger partial charge in [0.05, 0.1) is 6.61 Å². The van der Waals surface area contributed by atoms with Gasteiger partial charge in [0.25, 0.3) is 0 Å². The number of rotatable bonds is 4. The highest BCUT2D eigenvalue weighted by atomic mass is 16.7. The van der Waals surface area contributed by atoms with Crippen LogP contribution in [0.4, 0.5) is 4.79 Å². The lowest BCUT2D eigenvalue weighted by atomic mass is 10.7. The van der Waals surface area contributed by atoms with Gasteiger partial charge in [-0.1, -0.05) is 6.08 Å². The molecule has 0 saturated carbocycles. The third kappa shape index (κ3) is 5.11. The summed E-state index contributed by atoms with van der Waals surface area (Å²) in [6, 6.07) is 0. The summed E-state index contributed by atoms with van der Waals surface area (Å²) in [6.07, 6.45) is 0.118. The van der Waals surface area contributed by atoms with Gasteiger partial charge in [-0.25, -0.2) is 4.79 Å². The number of carbonyl (C=O) groups is 1. The van der Waals surface area contributed by atoms with Gasteiger partial charge in [0.15, 0.2) is 0 Å². The van der Waals surface area contributed by atoms with Gasteiger partial charge in [-0.3, -0.25) is 0 Å². The van der Waals surface area contributed by atoms with E-state index in [1.165, 1.54) is 0 Å². The zero-order valence-electron chi connectivity index (χ0n) is 5.87. The molecule has 2 N–H and O–H groups in total. The van der Waals surface area contributed by atoms with Crippen LogP contribution in [0.2, 0.25) is 0 Å². The van der Waals surface area contributed by atoms with Crippen molar-refractivity contribution >= 4 is 6.09 Å². The number of hydrogen-bond acceptors (Lipinski definition) is 3. The summed E-state index contributed by atoms with van der Waals surface area (Å²) in [6.45, 7) is 5.33. The van der Waals surface area contributed by atoms with E-state index in [1.54, 1.807) is 13.0 Å². The molecule has 0 aromatic rings. The molecule has 0 bridgehead atoms. The normalized spacial score (nSPS) is 12.1. The molecule has 1 unspecified atom stereocenters. The highest BCUT2D eigenvalue weighted by Gasteiger charge is 2.02. The van der Waals surface area contributed by atoms with Gasteiger partial charge in [-0.2, -0.15) is 0 Å². The predicted molar refractivity (Wildman–Crippen MR) is 36.3 cm³/mol. The van der Waals surface area contributed by atoms with E-state index in [-0.39, 0.29) is 0 Å². The summed E-state index contributed by atoms with van der Waals surface area (Å²) in [5.74, 6) is 0. The summed E-state index contributed by atoms with van der Waals surface area (Å²) in [7, 11) is 0. The van der Waals surface area contributed by atoms with Crippen LogP contribution in [0.15, 0.2) is 12.7 Å². The van der Waals surface area contributed by atoms with Crippen LogP contribution in [-0.4, -0.2) is 19.0 Å². The lowest BCUT2D eigenvalue weighted by molar-refractivity contribution is -0.0785. The Morgan fingerprint density at radius 1 is 1.90 bits per heavy atom. The van der Waals surface area contributed by atoms with Crippen LogP contribution in [0.1, 0.15) is 6.92 Å². The first kappa shape index (κ1) is 8.97. The van der Waals surface area contributed by atoms with Crippen molar-refractivity contribution in [2.75, 3.05) is 6.61 Å². The van der Waals surface area contributed by atoms with Crippen molar-refractivity contribution in [1.29, 1.82) is 0 Å². The summed E-state index contributed by atoms with van der Waals surface area (Å²) in [5.41, 5.74) is 4.70. The monoisotopic (exact) mass is 145 g/mol. The second kappa shape index (κ2) is 4.81. The maximum Gasteiger partial charge on any atom is 0.406 e. The molecule has 4 heteroatoms. The Balaban J connectivity index is 3.33. The lowest BCUT2D eigenvalue weighted by Gasteiger charge is -2.09. The SMILES string of the molecule is C=CCOC(C)OC(N)=O. The Kier molecular flexibility index (Phi) is 4.32. The minimum absolute atomic E-state index is 0.342. The van der Waals surface area contributed by atoms with Crippen LogP contribution < -0.4 is 5.73 Å². The zero-order valence-corrected chi connectivity index (χ0v) is 5.87. The van der Waals surface area contributed by atoms with Crippen LogP contribution in [0.5, 0.6) is 0 Å². The molecular formula is C6H11NO3. The van der Waals surface area contributed by atoms with Crippen LogP contribution in [0.25, 0.3) is 0 Å². The molecule has 1 amide bonds. The molecule has 1 atom stereocenters. The second-order valence-corrected chi connectivity index (χ2v) is 1.63. The smallest absolute Gasteiger partial charge is 0.406 e. The summed E-state index contributed by atoms with van der Waals surface area (Å²) >= 11 is 0. The van der Waals surface area contributed by atoms with Crippen molar-refractivity contribution in [2.45, 2.75) is 13.2 Å². The first-order valence-corrected chi connectivity index (χ1v) is 2.85. The largest absolute Gasteiger partial charge is 0.420 e. The average Bonchev–Trinajstić information content (AvgIpc) is 1.82. The van der Waals surface area contributed by atoms with Crippen LogP contribution >= 0.6 is 0 Å². The maximum atomic E-state index is 10.1. The lowest BCUT2D eigenvalue weighted by Crippen LogP contribution is -2.22. The Labute approximate surface area is 59.6 Å². The zero-order chi connectivity index (χ0) is 7.98. The first-order chi connectivity index (χ1) is 4.66. The molecule has 0 aliphatic heterocycles. The molecule has 0 fully saturated rings. The molecule has 0 aromatic heterocycles. The number of amides is 1. The van der Waals surface area contributed by atoms with E-state index in [2.05, 4.69) is 11.3 Å². The Bertz CT molecular complexity index is 124. The molecule has 0 aromatic carbocycles. The number of ether oxygens (including phenoxy) is 2. The van der Waals surface area contributed by atoms with Gasteiger partial charge >= 0.3 is 6.09 Å². The van der Waals surface area contributed by atoms with E-state index < -0.39 is 12.4 Å². The predicted octanol–water partition coefficient (Wildman–Crippen LogP) is 0.630. The van der Waals surface area contributed by atoms with Gasteiger partial charge in [-0.05, 0) is 6.92 Å². The van der Waals surface area contributed by atoms with Gasteiger partial charge in [0.2, 0.25) is 6.29 Å². The molecule has 0 saturated heterocycles. The van der Waals surface area contributed by atoms with Gasteiger partial charge in [0, 0.05) is 0 Å². The summed E-state index contributed by atoms with van der Waals surface area (Å²) in [5, 5.41) is 0. The fraction of sp³-hybridized carbons (Fsp3) is 0.500. The Hall–Kier alpha value is -1.03. The topological polar surface area (TPSA) is 61.6 Å². The van der Waals surface area contributed by atoms with E-state index in [0.29, 0.717) is 6.61 Å². The van der Waals surface area contributed by atoms with Crippen molar-refractivity contribution in [3.63, 3.8) is 0 Å². The van der Waals surface area contributed by atoms with Gasteiger partial charge in [-0.15, -0.1) is 6.58 Å². The molecule has 10 heavy (non-hydrogen) atoms. The number of hydrogen-bond donors (Lipinski definition) is 1. The molecule has 4 nitrogen and oxygen atoms in total. The number of nitrogens with two attached hydrogens (primary N) is 1. The van der Waals surface area contributed by atoms with Crippen molar-refractivity contribution in [3.8, 4) is 0 Å². The van der Waals surface area contributed by atoms with E-state index >= 15 is 0 Å². The quantitative estimate of drug-likeness (QED) is 0.466. The molecule has 0 rings (SSSR count). The molecule has 0 radical (unpaired) electrons. The number of primary amides is 1. The maximum absolute atomic E-state index is 10.1. The van der Waals surface area contributed by atoms with Crippen molar-refractivity contribution in [1.82, 2.24) is 0 Å². The highest BCUT2D eigenvalue weighted by Crippen LogP contribution is 1.91. The van der Waals surface area contributed by atoms with Gasteiger partial charge < -0.3 is 15.2 Å². The molecule has 0 aliphatic rings. The van der Waals surface area contributed by atoms with Crippen molar-refractivity contribution in [2.24, 2.45) is 5.73 Å². The van der Waals surface area contributed by atoms with Crippen LogP contribution in [0.3, 0.4) is 0 Å². The van der Waals surface area contributed by atoms with E-state index in [9.17, 15) is 4.79 Å². The number of carbonyl (C=O) groups excluding carboxylic acids is 1. The fourth-order valence-corrected chi connectivity index (χ4v) is 0.401. The molecule has 0 heterocycles. The van der Waals surface area contributed by atoms with Crippen molar-refractivity contribution in [3.05, 3.63) is 12.7 Å². The van der Waals surface area contributed by atoms with E-state index in [4.69, 9.17) is 10.5 Å². The van der Waals surface area contributed by atoms with Crippen LogP contribution in [0, 0.1) is 0 Å². The fourth-order valence-electron chi connectivity index (χ4n) is 0.401. The third-order valence-electron chi connectivity index (χ3n) is 0.731. The molecular weight excluding hydrogens is 134 g/mol. The standard InChI is InChI=1S/C6H11NO3/c1-3-4-9-5(2)10-6(7)8/h3,5H,1,4H2,2H3,(H2,7,8). The van der Waals surface area contributed by atoms with E-state index in [0.717, 1.165) is 0 Å². The Morgan fingerprint density at radius 3 is 2.90 bits per heavy atom. The summed E-state index contributed by atoms with van der Waals surface area (Å²) in [4.78, 5) is 10.1. The summed E-state index contributed by atoms with van der Waals surface area (Å²) < 4.78 is 9.28. The minimum Gasteiger partial charge on any atom is -0.420 e. The Morgan fingerprint density at radius 2 is 2.50 bits per heavy atom. The van der Waals surface area contributed by atoms with E-state index in [1.807, 2.05) is 0 Å². The highest BCUT2D eigenvalue weighted by molar-refractivity contribution is 5.64. The van der Waals surface area contributed by atoms with Crippen LogP contribution in [-0.2, 0) is 9.47 Å². The van der Waals surface area contributed by atoms with Gasteiger partial charge in [0.1, 0.15) is 0 Å². The minimum atomic E-state index is -0.837. The average molecular weight is 145 g/mol. The molecule has 58 valence electrons. The van der Waals surface area contributed by atoms with Crippen molar-refractivity contribution < 1.29 is 14.3 Å². The molecule has 0 aliphatic carbocycles.